The monoisotopic (exact) mass is 361 g/mol. The topological polar surface area (TPSA) is 38.8 Å². The van der Waals surface area contributed by atoms with Gasteiger partial charge < -0.3 is 14.4 Å². The first-order valence-electron chi connectivity index (χ1n) is 6.28. The Morgan fingerprint density at radius 2 is 2.10 bits per heavy atom. The van der Waals surface area contributed by atoms with Gasteiger partial charge in [0.2, 0.25) is 0 Å². The van der Waals surface area contributed by atoms with Crippen molar-refractivity contribution in [1.29, 1.82) is 0 Å². The summed E-state index contributed by atoms with van der Waals surface area (Å²) < 4.78 is 11.0. The zero-order valence-electron chi connectivity index (χ0n) is 11.9. The van der Waals surface area contributed by atoms with E-state index in [-0.39, 0.29) is 11.9 Å². The number of hydrogen-bond donors (Lipinski definition) is 1. The summed E-state index contributed by atoms with van der Waals surface area (Å²) in [5.74, 6) is -0.0608. The lowest BCUT2D eigenvalue weighted by atomic mass is 10.1. The van der Waals surface area contributed by atoms with Gasteiger partial charge in [0.1, 0.15) is 0 Å². The van der Waals surface area contributed by atoms with Crippen molar-refractivity contribution in [1.82, 2.24) is 4.90 Å². The van der Waals surface area contributed by atoms with E-state index in [0.29, 0.717) is 25.3 Å². The van der Waals surface area contributed by atoms with Crippen LogP contribution in [-0.2, 0) is 9.47 Å². The molecule has 1 unspecified atom stereocenters. The molecule has 112 valence electrons. The first kappa shape index (κ1) is 17.5. The molecule has 0 aliphatic rings. The highest BCUT2D eigenvalue weighted by molar-refractivity contribution is 9.10. The molecule has 0 aromatic heterocycles. The second-order valence-corrected chi connectivity index (χ2v) is 5.83. The van der Waals surface area contributed by atoms with E-state index >= 15 is 0 Å². The number of carbonyl (C=O) groups is 1. The Balaban J connectivity index is 2.99. The summed E-state index contributed by atoms with van der Waals surface area (Å²) in [6.45, 7) is 3.43. The number of hydrogen-bond acceptors (Lipinski definition) is 4. The van der Waals surface area contributed by atoms with E-state index in [1.54, 1.807) is 25.2 Å². The van der Waals surface area contributed by atoms with E-state index in [0.717, 1.165) is 9.37 Å². The fraction of sp³-hybridized carbons (Fsp3) is 0.500. The quantitative estimate of drug-likeness (QED) is 0.759. The van der Waals surface area contributed by atoms with Crippen LogP contribution >= 0.6 is 28.6 Å². The van der Waals surface area contributed by atoms with Crippen LogP contribution in [0.25, 0.3) is 0 Å². The van der Waals surface area contributed by atoms with Crippen LogP contribution in [0.1, 0.15) is 17.3 Å². The highest BCUT2D eigenvalue weighted by Crippen LogP contribution is 2.22. The average Bonchev–Trinajstić information content (AvgIpc) is 2.42. The maximum Gasteiger partial charge on any atom is 0.255 e. The molecule has 1 amide bonds. The Morgan fingerprint density at radius 3 is 2.70 bits per heavy atom. The van der Waals surface area contributed by atoms with Gasteiger partial charge in [-0.2, -0.15) is 0 Å². The number of halogens is 1. The third-order valence-electron chi connectivity index (χ3n) is 2.92. The molecule has 0 radical (unpaired) electrons. The van der Waals surface area contributed by atoms with Crippen LogP contribution in [0.3, 0.4) is 0 Å². The van der Waals surface area contributed by atoms with Crippen LogP contribution < -0.4 is 0 Å². The summed E-state index contributed by atoms with van der Waals surface area (Å²) in [5, 5.41) is 0. The van der Waals surface area contributed by atoms with Gasteiger partial charge >= 0.3 is 0 Å². The second-order valence-electron chi connectivity index (χ2n) is 4.46. The number of benzene rings is 1. The van der Waals surface area contributed by atoms with Crippen LogP contribution in [0.5, 0.6) is 0 Å². The summed E-state index contributed by atoms with van der Waals surface area (Å²) in [6.07, 6.45) is 0. The highest BCUT2D eigenvalue weighted by Gasteiger charge is 2.23. The third kappa shape index (κ3) is 4.77. The Morgan fingerprint density at radius 1 is 1.40 bits per heavy atom. The van der Waals surface area contributed by atoms with Crippen LogP contribution in [0.4, 0.5) is 0 Å². The Bertz CT molecular complexity index is 456. The third-order valence-corrected chi connectivity index (χ3v) is 3.89. The molecule has 4 nitrogen and oxygen atoms in total. The van der Waals surface area contributed by atoms with Crippen molar-refractivity contribution in [2.45, 2.75) is 17.9 Å². The molecule has 0 aliphatic carbocycles. The molecule has 1 aromatic carbocycles. The summed E-state index contributed by atoms with van der Waals surface area (Å²) in [5.41, 5.74) is 0.594. The van der Waals surface area contributed by atoms with Gasteiger partial charge in [0, 0.05) is 30.1 Å². The standard InChI is InChI=1S/C14H20BrNO3S/c1-10(9-19-3)16(6-7-18-2)14(17)12-8-11(20)4-5-13(12)15/h4-5,8,10,20H,6-7,9H2,1-3H3. The largest absolute Gasteiger partial charge is 0.383 e. The van der Waals surface area contributed by atoms with Crippen molar-refractivity contribution in [2.24, 2.45) is 0 Å². The van der Waals surface area contributed by atoms with Gasteiger partial charge in [0.25, 0.3) is 5.91 Å². The van der Waals surface area contributed by atoms with Gasteiger partial charge in [-0.3, -0.25) is 4.79 Å². The molecule has 20 heavy (non-hydrogen) atoms. The number of nitrogens with zero attached hydrogens (tertiary/aromatic N) is 1. The van der Waals surface area contributed by atoms with Crippen molar-refractivity contribution >= 4 is 34.5 Å². The van der Waals surface area contributed by atoms with E-state index in [4.69, 9.17) is 9.47 Å². The Labute approximate surface area is 134 Å². The molecule has 0 aliphatic heterocycles. The molecule has 1 rings (SSSR count). The fourth-order valence-corrected chi connectivity index (χ4v) is 2.49. The van der Waals surface area contributed by atoms with Gasteiger partial charge in [-0.1, -0.05) is 0 Å². The van der Waals surface area contributed by atoms with Crippen molar-refractivity contribution in [3.63, 3.8) is 0 Å². The predicted molar refractivity (Wildman–Crippen MR) is 85.6 cm³/mol. The molecule has 1 atom stereocenters. The van der Waals surface area contributed by atoms with Crippen molar-refractivity contribution < 1.29 is 14.3 Å². The average molecular weight is 362 g/mol. The summed E-state index contributed by atoms with van der Waals surface area (Å²) in [7, 11) is 3.24. The minimum Gasteiger partial charge on any atom is -0.383 e. The van der Waals surface area contributed by atoms with E-state index in [9.17, 15) is 4.79 Å². The van der Waals surface area contributed by atoms with Crippen LogP contribution in [0, 0.1) is 0 Å². The maximum absolute atomic E-state index is 12.7. The first-order valence-corrected chi connectivity index (χ1v) is 7.52. The number of carbonyl (C=O) groups excluding carboxylic acids is 1. The fourth-order valence-electron chi connectivity index (χ4n) is 1.87. The van der Waals surface area contributed by atoms with Gasteiger partial charge in [0.15, 0.2) is 0 Å². The Kier molecular flexibility index (Phi) is 7.58. The minimum atomic E-state index is -0.0608. The SMILES string of the molecule is COCCN(C(=O)c1cc(S)ccc1Br)C(C)COC. The zero-order chi connectivity index (χ0) is 15.1. The summed E-state index contributed by atoms with van der Waals surface area (Å²) in [4.78, 5) is 15.2. The highest BCUT2D eigenvalue weighted by atomic mass is 79.9. The predicted octanol–water partition coefficient (Wildman–Crippen LogP) is 2.86. The van der Waals surface area contributed by atoms with E-state index in [1.165, 1.54) is 0 Å². The lowest BCUT2D eigenvalue weighted by Crippen LogP contribution is -2.43. The zero-order valence-corrected chi connectivity index (χ0v) is 14.4. The van der Waals surface area contributed by atoms with Crippen LogP contribution in [0.2, 0.25) is 0 Å². The van der Waals surface area contributed by atoms with Gasteiger partial charge in [-0.15, -0.1) is 12.6 Å². The lowest BCUT2D eigenvalue weighted by Gasteiger charge is -2.29. The summed E-state index contributed by atoms with van der Waals surface area (Å²) in [6, 6.07) is 5.39. The van der Waals surface area contributed by atoms with E-state index in [2.05, 4.69) is 28.6 Å². The molecule has 0 fully saturated rings. The molecular formula is C14H20BrNO3S. The number of amides is 1. The first-order chi connectivity index (χ1) is 9.51. The van der Waals surface area contributed by atoms with Crippen LogP contribution in [-0.4, -0.2) is 50.8 Å². The molecule has 0 saturated carbocycles. The van der Waals surface area contributed by atoms with Crippen molar-refractivity contribution in [3.05, 3.63) is 28.2 Å². The van der Waals surface area contributed by atoms with Crippen molar-refractivity contribution in [3.8, 4) is 0 Å². The molecular weight excluding hydrogens is 342 g/mol. The normalized spacial score (nSPS) is 12.2. The molecule has 0 saturated heterocycles. The Hall–Kier alpha value is -0.560. The molecule has 0 bridgehead atoms. The number of rotatable bonds is 7. The van der Waals surface area contributed by atoms with E-state index < -0.39 is 0 Å². The smallest absolute Gasteiger partial charge is 0.255 e. The number of methoxy groups -OCH3 is 2. The van der Waals surface area contributed by atoms with Crippen LogP contribution in [0.15, 0.2) is 27.6 Å². The second kappa shape index (κ2) is 8.67. The molecule has 6 heteroatoms. The van der Waals surface area contributed by atoms with Crippen molar-refractivity contribution in [2.75, 3.05) is 34.0 Å². The molecule has 0 N–H and O–H groups in total. The summed E-state index contributed by atoms with van der Waals surface area (Å²) >= 11 is 7.70. The minimum absolute atomic E-state index is 0.0295. The molecule has 0 spiro atoms. The maximum atomic E-state index is 12.7. The molecule has 1 aromatic rings. The van der Waals surface area contributed by atoms with Gasteiger partial charge in [-0.05, 0) is 41.1 Å². The van der Waals surface area contributed by atoms with E-state index in [1.807, 2.05) is 19.1 Å². The lowest BCUT2D eigenvalue weighted by molar-refractivity contribution is 0.0478. The molecule has 0 heterocycles. The number of ether oxygens (including phenoxy) is 2. The number of thiol groups is 1. The van der Waals surface area contributed by atoms with Gasteiger partial charge in [0.05, 0.1) is 24.8 Å². The van der Waals surface area contributed by atoms with Gasteiger partial charge in [-0.25, -0.2) is 0 Å².